The molecule has 0 radical (unpaired) electrons. The molecular weight excluding hydrogens is 376 g/mol. The first kappa shape index (κ1) is 20.3. The van der Waals surface area contributed by atoms with Crippen molar-refractivity contribution in [1.82, 2.24) is 19.1 Å². The maximum Gasteiger partial charge on any atom is 0.334 e. The van der Waals surface area contributed by atoms with Crippen LogP contribution in [0.4, 0.5) is 4.79 Å². The van der Waals surface area contributed by atoms with Crippen LogP contribution in [0.2, 0.25) is 0 Å². The van der Waals surface area contributed by atoms with Gasteiger partial charge in [-0.2, -0.15) is 0 Å². The molecule has 2 heterocycles. The third-order valence-electron chi connectivity index (χ3n) is 4.96. The van der Waals surface area contributed by atoms with Crippen LogP contribution in [0.15, 0.2) is 53.7 Å². The first-order valence-electron chi connectivity index (χ1n) is 9.41. The number of piperazine rings is 1. The van der Waals surface area contributed by atoms with Crippen molar-refractivity contribution in [3.05, 3.63) is 59.9 Å². The minimum absolute atomic E-state index is 0.0448. The first-order chi connectivity index (χ1) is 13.4. The molecule has 1 aliphatic rings. The van der Waals surface area contributed by atoms with Crippen LogP contribution in [0.25, 0.3) is 0 Å². The third-order valence-corrected chi connectivity index (χ3v) is 6.69. The number of likely N-dealkylation sites (N-methyl/N-ethyl adjacent to an activating group) is 1. The lowest BCUT2D eigenvalue weighted by atomic mass is 10.2. The number of carbonyl (C=O) groups is 1. The van der Waals surface area contributed by atoms with Crippen LogP contribution in [-0.4, -0.2) is 66.3 Å². The molecule has 28 heavy (non-hydrogen) atoms. The molecule has 1 fully saturated rings. The molecule has 7 nitrogen and oxygen atoms in total. The van der Waals surface area contributed by atoms with Gasteiger partial charge in [0, 0.05) is 38.6 Å². The number of pyridine rings is 1. The normalized spacial score (nSPS) is 15.4. The number of hydrogen-bond acceptors (Lipinski definition) is 5. The molecule has 1 saturated heterocycles. The Balaban J connectivity index is 1.90. The predicted molar refractivity (Wildman–Crippen MR) is 107 cm³/mol. The van der Waals surface area contributed by atoms with E-state index in [0.717, 1.165) is 29.5 Å². The van der Waals surface area contributed by atoms with Crippen molar-refractivity contribution in [2.45, 2.75) is 25.3 Å². The van der Waals surface area contributed by atoms with E-state index in [9.17, 15) is 13.2 Å². The second-order valence-corrected chi connectivity index (χ2v) is 8.75. The predicted octanol–water partition coefficient (Wildman–Crippen LogP) is 2.34. The van der Waals surface area contributed by atoms with Crippen molar-refractivity contribution in [3.8, 4) is 0 Å². The monoisotopic (exact) mass is 402 g/mol. The second kappa shape index (κ2) is 8.70. The molecule has 2 amide bonds. The quantitative estimate of drug-likeness (QED) is 0.767. The second-order valence-electron chi connectivity index (χ2n) is 6.89. The number of urea groups is 1. The average molecular weight is 403 g/mol. The van der Waals surface area contributed by atoms with Gasteiger partial charge in [-0.1, -0.05) is 30.7 Å². The zero-order valence-corrected chi connectivity index (χ0v) is 17.1. The molecule has 1 aromatic carbocycles. The first-order valence-corrected chi connectivity index (χ1v) is 10.9. The molecule has 0 saturated carbocycles. The molecule has 0 spiro atoms. The number of amides is 2. The number of aromatic nitrogens is 1. The van der Waals surface area contributed by atoms with E-state index < -0.39 is 16.1 Å². The van der Waals surface area contributed by atoms with Crippen molar-refractivity contribution in [2.75, 3.05) is 32.7 Å². The highest BCUT2D eigenvalue weighted by Gasteiger charge is 2.34. The van der Waals surface area contributed by atoms with Gasteiger partial charge in [-0.05, 0) is 37.2 Å². The lowest BCUT2D eigenvalue weighted by Gasteiger charge is -2.36. The Morgan fingerprint density at radius 2 is 1.79 bits per heavy atom. The van der Waals surface area contributed by atoms with E-state index in [1.807, 2.05) is 6.92 Å². The van der Waals surface area contributed by atoms with E-state index in [-0.39, 0.29) is 11.4 Å². The highest BCUT2D eigenvalue weighted by atomic mass is 32.2. The van der Waals surface area contributed by atoms with Crippen molar-refractivity contribution in [2.24, 2.45) is 0 Å². The SMILES string of the molecule is CCN1CCN(C(=O)N(Cc2cccnc2)S(=O)(=O)c2ccc(C)cc2)CC1. The van der Waals surface area contributed by atoms with Crippen molar-refractivity contribution < 1.29 is 13.2 Å². The molecule has 0 atom stereocenters. The number of benzene rings is 1. The number of sulfonamides is 1. The summed E-state index contributed by atoms with van der Waals surface area (Å²) in [6, 6.07) is 9.58. The van der Waals surface area contributed by atoms with E-state index in [4.69, 9.17) is 0 Å². The summed E-state index contributed by atoms with van der Waals surface area (Å²) in [7, 11) is -3.98. The van der Waals surface area contributed by atoms with Gasteiger partial charge in [0.15, 0.2) is 0 Å². The van der Waals surface area contributed by atoms with E-state index in [1.165, 1.54) is 0 Å². The number of aryl methyl sites for hydroxylation is 1. The molecule has 0 unspecified atom stereocenters. The highest BCUT2D eigenvalue weighted by molar-refractivity contribution is 7.89. The average Bonchev–Trinajstić information content (AvgIpc) is 2.72. The summed E-state index contributed by atoms with van der Waals surface area (Å²) in [6.07, 6.45) is 3.20. The Morgan fingerprint density at radius 1 is 1.11 bits per heavy atom. The van der Waals surface area contributed by atoms with Gasteiger partial charge in [0.05, 0.1) is 11.4 Å². The Bertz CT molecular complexity index is 893. The largest absolute Gasteiger partial charge is 0.334 e. The third kappa shape index (κ3) is 4.51. The molecule has 0 N–H and O–H groups in total. The number of nitrogens with zero attached hydrogens (tertiary/aromatic N) is 4. The van der Waals surface area contributed by atoms with Crippen LogP contribution in [0.3, 0.4) is 0 Å². The van der Waals surface area contributed by atoms with Gasteiger partial charge in [-0.3, -0.25) is 4.98 Å². The summed E-state index contributed by atoms with van der Waals surface area (Å²) in [5, 5.41) is 0. The summed E-state index contributed by atoms with van der Waals surface area (Å²) in [5.74, 6) is 0. The maximum atomic E-state index is 13.3. The molecule has 3 rings (SSSR count). The molecule has 1 aromatic heterocycles. The number of carbonyl (C=O) groups excluding carboxylic acids is 1. The lowest BCUT2D eigenvalue weighted by molar-refractivity contribution is 0.129. The molecule has 0 aliphatic carbocycles. The fourth-order valence-electron chi connectivity index (χ4n) is 3.16. The van der Waals surface area contributed by atoms with Crippen LogP contribution in [0.5, 0.6) is 0 Å². The van der Waals surface area contributed by atoms with Gasteiger partial charge < -0.3 is 9.80 Å². The molecule has 0 bridgehead atoms. The van der Waals surface area contributed by atoms with Gasteiger partial charge in [0.1, 0.15) is 0 Å². The Labute approximate surface area is 166 Å². The van der Waals surface area contributed by atoms with Gasteiger partial charge in [0.25, 0.3) is 10.0 Å². The zero-order valence-electron chi connectivity index (χ0n) is 16.3. The minimum Gasteiger partial charge on any atom is -0.321 e. The summed E-state index contributed by atoms with van der Waals surface area (Å²) in [4.78, 5) is 21.2. The summed E-state index contributed by atoms with van der Waals surface area (Å²) in [6.45, 7) is 7.36. The van der Waals surface area contributed by atoms with Crippen LogP contribution in [0.1, 0.15) is 18.1 Å². The van der Waals surface area contributed by atoms with Crippen molar-refractivity contribution in [1.29, 1.82) is 0 Å². The number of hydrogen-bond donors (Lipinski definition) is 0. The maximum absolute atomic E-state index is 13.3. The van der Waals surface area contributed by atoms with E-state index >= 15 is 0 Å². The Kier molecular flexibility index (Phi) is 6.31. The fourth-order valence-corrected chi connectivity index (χ4v) is 4.54. The van der Waals surface area contributed by atoms with E-state index in [0.29, 0.717) is 18.7 Å². The standard InChI is InChI=1S/C20H26N4O3S/c1-3-22-11-13-23(14-12-22)20(25)24(16-18-5-4-10-21-15-18)28(26,27)19-8-6-17(2)7-9-19/h4-10,15H,3,11-14,16H2,1-2H3. The van der Waals surface area contributed by atoms with E-state index in [2.05, 4.69) is 16.8 Å². The summed E-state index contributed by atoms with van der Waals surface area (Å²) < 4.78 is 27.6. The Morgan fingerprint density at radius 3 is 2.36 bits per heavy atom. The zero-order chi connectivity index (χ0) is 20.1. The van der Waals surface area contributed by atoms with Crippen LogP contribution in [-0.2, 0) is 16.6 Å². The van der Waals surface area contributed by atoms with Crippen molar-refractivity contribution >= 4 is 16.1 Å². The summed E-state index contributed by atoms with van der Waals surface area (Å²) in [5.41, 5.74) is 1.62. The molecule has 8 heteroatoms. The van der Waals surface area contributed by atoms with Gasteiger partial charge >= 0.3 is 6.03 Å². The lowest BCUT2D eigenvalue weighted by Crippen LogP contribution is -2.53. The topological polar surface area (TPSA) is 73.8 Å². The molecule has 1 aliphatic heterocycles. The smallest absolute Gasteiger partial charge is 0.321 e. The molecule has 2 aromatic rings. The van der Waals surface area contributed by atoms with Crippen LogP contribution in [0, 0.1) is 6.92 Å². The highest BCUT2D eigenvalue weighted by Crippen LogP contribution is 2.21. The van der Waals surface area contributed by atoms with Crippen molar-refractivity contribution in [3.63, 3.8) is 0 Å². The Hall–Kier alpha value is -2.45. The van der Waals surface area contributed by atoms with Gasteiger partial charge in [-0.25, -0.2) is 17.5 Å². The van der Waals surface area contributed by atoms with E-state index in [1.54, 1.807) is 53.7 Å². The summed E-state index contributed by atoms with van der Waals surface area (Å²) >= 11 is 0. The van der Waals surface area contributed by atoms with Gasteiger partial charge in [-0.15, -0.1) is 0 Å². The van der Waals surface area contributed by atoms with Crippen LogP contribution >= 0.6 is 0 Å². The molecule has 150 valence electrons. The van der Waals surface area contributed by atoms with Gasteiger partial charge in [0.2, 0.25) is 0 Å². The fraction of sp³-hybridized carbons (Fsp3) is 0.400. The minimum atomic E-state index is -3.98. The van der Waals surface area contributed by atoms with Crippen LogP contribution < -0.4 is 0 Å². The molecular formula is C20H26N4O3S. The number of rotatable bonds is 5.